The van der Waals surface area contributed by atoms with E-state index in [1.54, 1.807) is 36.4 Å². The smallest absolute Gasteiger partial charge is 0.255 e. The quantitative estimate of drug-likeness (QED) is 0.942. The number of benzene rings is 2. The summed E-state index contributed by atoms with van der Waals surface area (Å²) < 4.78 is 16.0. The van der Waals surface area contributed by atoms with Crippen molar-refractivity contribution in [2.24, 2.45) is 0 Å². The van der Waals surface area contributed by atoms with Crippen LogP contribution in [0, 0.1) is 0 Å². The number of halogens is 1. The minimum absolute atomic E-state index is 0.263. The second-order valence-corrected chi connectivity index (χ2v) is 5.07. The van der Waals surface area contributed by atoms with Crippen molar-refractivity contribution >= 4 is 23.2 Å². The molecule has 2 aromatic rings. The molecule has 1 amide bonds. The number of ether oxygens (including phenoxy) is 3. The van der Waals surface area contributed by atoms with Gasteiger partial charge in [-0.1, -0.05) is 11.6 Å². The fourth-order valence-electron chi connectivity index (χ4n) is 2.13. The number of anilines is 1. The van der Waals surface area contributed by atoms with E-state index in [-0.39, 0.29) is 5.91 Å². The Balaban J connectivity index is 1.78. The van der Waals surface area contributed by atoms with Crippen LogP contribution in [-0.4, -0.2) is 26.2 Å². The van der Waals surface area contributed by atoms with Crippen LogP contribution in [0.2, 0.25) is 5.02 Å². The minimum Gasteiger partial charge on any atom is -0.495 e. The van der Waals surface area contributed by atoms with Gasteiger partial charge in [-0.25, -0.2) is 0 Å². The number of nitrogens with one attached hydrogen (secondary N) is 1. The Kier molecular flexibility index (Phi) is 4.06. The Hall–Kier alpha value is -2.40. The van der Waals surface area contributed by atoms with Gasteiger partial charge in [0.05, 0.1) is 12.1 Å². The van der Waals surface area contributed by atoms with E-state index in [9.17, 15) is 4.79 Å². The van der Waals surface area contributed by atoms with Crippen molar-refractivity contribution < 1.29 is 19.0 Å². The first-order valence-corrected chi connectivity index (χ1v) is 7.10. The predicted molar refractivity (Wildman–Crippen MR) is 83.4 cm³/mol. The summed E-state index contributed by atoms with van der Waals surface area (Å²) in [5, 5.41) is 3.19. The van der Waals surface area contributed by atoms with E-state index in [2.05, 4.69) is 5.32 Å². The van der Waals surface area contributed by atoms with Gasteiger partial charge in [-0.3, -0.25) is 4.79 Å². The first-order chi connectivity index (χ1) is 10.7. The van der Waals surface area contributed by atoms with E-state index in [0.29, 0.717) is 46.7 Å². The van der Waals surface area contributed by atoms with Crippen LogP contribution in [0.25, 0.3) is 0 Å². The zero-order valence-corrected chi connectivity index (χ0v) is 12.6. The molecular formula is C16H14ClNO4. The molecular weight excluding hydrogens is 306 g/mol. The molecule has 1 aliphatic heterocycles. The third-order valence-corrected chi connectivity index (χ3v) is 3.51. The fourth-order valence-corrected chi connectivity index (χ4v) is 2.39. The lowest BCUT2D eigenvalue weighted by molar-refractivity contribution is 0.102. The van der Waals surface area contributed by atoms with Crippen LogP contribution in [0.4, 0.5) is 5.69 Å². The van der Waals surface area contributed by atoms with Crippen LogP contribution in [0.15, 0.2) is 36.4 Å². The molecule has 114 valence electrons. The van der Waals surface area contributed by atoms with Crippen molar-refractivity contribution in [3.63, 3.8) is 0 Å². The molecule has 0 radical (unpaired) electrons. The van der Waals surface area contributed by atoms with Crippen LogP contribution in [-0.2, 0) is 0 Å². The number of fused-ring (bicyclic) bond motifs is 1. The van der Waals surface area contributed by atoms with Crippen LogP contribution in [0.3, 0.4) is 0 Å². The number of hydrogen-bond donors (Lipinski definition) is 1. The van der Waals surface area contributed by atoms with Crippen molar-refractivity contribution in [1.82, 2.24) is 0 Å². The second kappa shape index (κ2) is 6.15. The standard InChI is InChI=1S/C16H14ClNO4/c1-20-13-4-2-10(8-12(13)17)16(19)18-11-3-5-14-15(9-11)22-7-6-21-14/h2-5,8-9H,6-7H2,1H3,(H,18,19). The molecule has 22 heavy (non-hydrogen) atoms. The zero-order chi connectivity index (χ0) is 15.5. The summed E-state index contributed by atoms with van der Waals surface area (Å²) in [6.07, 6.45) is 0. The highest BCUT2D eigenvalue weighted by molar-refractivity contribution is 6.32. The number of carbonyl (C=O) groups is 1. The van der Waals surface area contributed by atoms with Gasteiger partial charge >= 0.3 is 0 Å². The number of amides is 1. The lowest BCUT2D eigenvalue weighted by Crippen LogP contribution is -2.16. The average molecular weight is 320 g/mol. The zero-order valence-electron chi connectivity index (χ0n) is 11.9. The van der Waals surface area contributed by atoms with Crippen molar-refractivity contribution in [2.75, 3.05) is 25.6 Å². The number of methoxy groups -OCH3 is 1. The molecule has 5 nitrogen and oxygen atoms in total. The minimum atomic E-state index is -0.263. The molecule has 1 aliphatic rings. The second-order valence-electron chi connectivity index (χ2n) is 4.66. The Morgan fingerprint density at radius 3 is 2.64 bits per heavy atom. The summed E-state index contributed by atoms with van der Waals surface area (Å²) in [6, 6.07) is 10.1. The molecule has 0 fully saturated rings. The van der Waals surface area contributed by atoms with Crippen molar-refractivity contribution in [3.8, 4) is 17.2 Å². The fraction of sp³-hybridized carbons (Fsp3) is 0.188. The SMILES string of the molecule is COc1ccc(C(=O)Nc2ccc3c(c2)OCCO3)cc1Cl. The van der Waals surface area contributed by atoms with Crippen LogP contribution >= 0.6 is 11.6 Å². The van der Waals surface area contributed by atoms with E-state index >= 15 is 0 Å². The van der Waals surface area contributed by atoms with E-state index in [4.69, 9.17) is 25.8 Å². The van der Waals surface area contributed by atoms with Crippen molar-refractivity contribution in [3.05, 3.63) is 47.0 Å². The van der Waals surface area contributed by atoms with E-state index in [1.807, 2.05) is 0 Å². The lowest BCUT2D eigenvalue weighted by Gasteiger charge is -2.19. The Morgan fingerprint density at radius 1 is 1.14 bits per heavy atom. The topological polar surface area (TPSA) is 56.8 Å². The molecule has 0 unspecified atom stereocenters. The van der Waals surface area contributed by atoms with E-state index in [0.717, 1.165) is 0 Å². The molecule has 2 aromatic carbocycles. The highest BCUT2D eigenvalue weighted by Gasteiger charge is 2.14. The van der Waals surface area contributed by atoms with Gasteiger partial charge in [0.2, 0.25) is 0 Å². The summed E-state index contributed by atoms with van der Waals surface area (Å²) in [6.45, 7) is 1.03. The number of hydrogen-bond acceptors (Lipinski definition) is 4. The maximum absolute atomic E-state index is 12.3. The average Bonchev–Trinajstić information content (AvgIpc) is 2.54. The normalized spacial score (nSPS) is 12.6. The molecule has 0 saturated heterocycles. The van der Waals surface area contributed by atoms with Crippen molar-refractivity contribution in [2.45, 2.75) is 0 Å². The molecule has 6 heteroatoms. The Morgan fingerprint density at radius 2 is 1.91 bits per heavy atom. The Bertz CT molecular complexity index is 717. The predicted octanol–water partition coefficient (Wildman–Crippen LogP) is 3.37. The van der Waals surface area contributed by atoms with Gasteiger partial charge < -0.3 is 19.5 Å². The summed E-state index contributed by atoms with van der Waals surface area (Å²) in [5.74, 6) is 1.56. The van der Waals surface area contributed by atoms with Gasteiger partial charge in [0.15, 0.2) is 11.5 Å². The summed E-state index contributed by atoms with van der Waals surface area (Å²) in [5.41, 5.74) is 1.07. The van der Waals surface area contributed by atoms with Gasteiger partial charge in [-0.05, 0) is 30.3 Å². The van der Waals surface area contributed by atoms with Crippen molar-refractivity contribution in [1.29, 1.82) is 0 Å². The summed E-state index contributed by atoms with van der Waals surface area (Å²) in [4.78, 5) is 12.3. The van der Waals surface area contributed by atoms with Gasteiger partial charge in [0, 0.05) is 17.3 Å². The number of carbonyl (C=O) groups excluding carboxylic acids is 1. The molecule has 0 bridgehead atoms. The molecule has 0 saturated carbocycles. The monoisotopic (exact) mass is 319 g/mol. The van der Waals surface area contributed by atoms with Gasteiger partial charge in [-0.15, -0.1) is 0 Å². The largest absolute Gasteiger partial charge is 0.495 e. The molecule has 0 aromatic heterocycles. The molecule has 1 heterocycles. The number of rotatable bonds is 3. The highest BCUT2D eigenvalue weighted by atomic mass is 35.5. The van der Waals surface area contributed by atoms with Gasteiger partial charge in [0.1, 0.15) is 19.0 Å². The maximum Gasteiger partial charge on any atom is 0.255 e. The Labute approximate surface area is 132 Å². The molecule has 0 spiro atoms. The molecule has 0 aliphatic carbocycles. The first kappa shape index (κ1) is 14.5. The van der Waals surface area contributed by atoms with Gasteiger partial charge in [-0.2, -0.15) is 0 Å². The molecule has 1 N–H and O–H groups in total. The highest BCUT2D eigenvalue weighted by Crippen LogP contribution is 2.33. The van der Waals surface area contributed by atoms with E-state index < -0.39 is 0 Å². The van der Waals surface area contributed by atoms with E-state index in [1.165, 1.54) is 7.11 Å². The van der Waals surface area contributed by atoms with Gasteiger partial charge in [0.25, 0.3) is 5.91 Å². The molecule has 0 atom stereocenters. The third-order valence-electron chi connectivity index (χ3n) is 3.21. The maximum atomic E-state index is 12.3. The first-order valence-electron chi connectivity index (χ1n) is 6.72. The summed E-state index contributed by atoms with van der Waals surface area (Å²) in [7, 11) is 1.52. The third kappa shape index (κ3) is 2.94. The van der Waals surface area contributed by atoms with Crippen LogP contribution in [0.1, 0.15) is 10.4 Å². The summed E-state index contributed by atoms with van der Waals surface area (Å²) >= 11 is 6.03. The lowest BCUT2D eigenvalue weighted by atomic mass is 10.2. The van der Waals surface area contributed by atoms with Crippen LogP contribution < -0.4 is 19.5 Å². The van der Waals surface area contributed by atoms with Crippen LogP contribution in [0.5, 0.6) is 17.2 Å². The molecule has 3 rings (SSSR count).